The van der Waals surface area contributed by atoms with E-state index in [1.165, 1.54) is 12.3 Å². The number of carbonyl (C=O) groups is 2. The molecule has 1 aliphatic rings. The Morgan fingerprint density at radius 3 is 2.62 bits per heavy atom. The zero-order chi connectivity index (χ0) is 16.9. The minimum Gasteiger partial charge on any atom is -0.355 e. The quantitative estimate of drug-likeness (QED) is 0.511. The van der Waals surface area contributed by atoms with E-state index in [0.717, 1.165) is 5.56 Å². The summed E-state index contributed by atoms with van der Waals surface area (Å²) in [4.78, 5) is 24.3. The monoisotopic (exact) mass is 325 g/mol. The molecule has 2 amide bonds. The first-order valence-electron chi connectivity index (χ1n) is 7.57. The second-order valence-corrected chi connectivity index (χ2v) is 5.50. The van der Waals surface area contributed by atoms with Crippen molar-refractivity contribution in [3.63, 3.8) is 0 Å². The van der Waals surface area contributed by atoms with Gasteiger partial charge in [-0.25, -0.2) is 9.82 Å². The van der Waals surface area contributed by atoms with Gasteiger partial charge in [-0.3, -0.25) is 9.59 Å². The van der Waals surface area contributed by atoms with Crippen LogP contribution in [0.1, 0.15) is 17.0 Å². The molecule has 0 saturated carbocycles. The van der Waals surface area contributed by atoms with Gasteiger partial charge < -0.3 is 5.32 Å². The normalized spacial score (nSPS) is 20.1. The Morgan fingerprint density at radius 2 is 1.88 bits per heavy atom. The van der Waals surface area contributed by atoms with Crippen LogP contribution in [0.3, 0.4) is 0 Å². The van der Waals surface area contributed by atoms with Gasteiger partial charge >= 0.3 is 0 Å². The van der Waals surface area contributed by atoms with E-state index in [1.54, 1.807) is 18.2 Å². The highest BCUT2D eigenvalue weighted by Gasteiger charge is 2.40. The molecule has 0 aromatic heterocycles. The van der Waals surface area contributed by atoms with Crippen molar-refractivity contribution in [2.45, 2.75) is 5.92 Å². The predicted octanol–water partition coefficient (Wildman–Crippen LogP) is 1.81. The fourth-order valence-corrected chi connectivity index (χ4v) is 2.75. The molecule has 2 aromatic rings. The van der Waals surface area contributed by atoms with Crippen LogP contribution in [0.4, 0.5) is 4.39 Å². The van der Waals surface area contributed by atoms with Gasteiger partial charge in [0.1, 0.15) is 11.7 Å². The van der Waals surface area contributed by atoms with Crippen LogP contribution in [0.15, 0.2) is 59.7 Å². The summed E-state index contributed by atoms with van der Waals surface area (Å²) in [5, 5.41) is 6.47. The van der Waals surface area contributed by atoms with Crippen LogP contribution in [0.2, 0.25) is 0 Å². The number of hydrogen-bond acceptors (Lipinski definition) is 3. The number of halogens is 1. The maximum absolute atomic E-state index is 13.5. The first kappa shape index (κ1) is 15.9. The molecule has 1 aliphatic heterocycles. The third-order valence-corrected chi connectivity index (χ3v) is 3.97. The summed E-state index contributed by atoms with van der Waals surface area (Å²) in [7, 11) is 0. The highest BCUT2D eigenvalue weighted by Crippen LogP contribution is 2.28. The molecular formula is C18H16FN3O2. The van der Waals surface area contributed by atoms with Gasteiger partial charge in [0.2, 0.25) is 5.91 Å². The fraction of sp³-hybridized carbons (Fsp3) is 0.167. The third kappa shape index (κ3) is 3.32. The molecule has 0 radical (unpaired) electrons. The smallest absolute Gasteiger partial charge is 0.253 e. The maximum atomic E-state index is 13.5. The third-order valence-electron chi connectivity index (χ3n) is 3.97. The van der Waals surface area contributed by atoms with Crippen molar-refractivity contribution < 1.29 is 14.0 Å². The van der Waals surface area contributed by atoms with Gasteiger partial charge in [0.15, 0.2) is 0 Å². The maximum Gasteiger partial charge on any atom is 0.253 e. The van der Waals surface area contributed by atoms with Crippen LogP contribution >= 0.6 is 0 Å². The van der Waals surface area contributed by atoms with E-state index < -0.39 is 17.6 Å². The molecule has 0 aliphatic carbocycles. The number of amides is 2. The Labute approximate surface area is 138 Å². The molecule has 0 spiro atoms. The van der Waals surface area contributed by atoms with Gasteiger partial charge in [-0.05, 0) is 11.6 Å². The van der Waals surface area contributed by atoms with Gasteiger partial charge in [-0.1, -0.05) is 48.5 Å². The summed E-state index contributed by atoms with van der Waals surface area (Å²) in [6.07, 6.45) is 1.22. The number of hydrogen-bond donors (Lipinski definition) is 2. The van der Waals surface area contributed by atoms with Crippen molar-refractivity contribution in [2.75, 3.05) is 6.54 Å². The van der Waals surface area contributed by atoms with Crippen LogP contribution in [0, 0.1) is 11.7 Å². The van der Waals surface area contributed by atoms with Gasteiger partial charge in [-0.15, -0.1) is 0 Å². The Morgan fingerprint density at radius 1 is 1.17 bits per heavy atom. The van der Waals surface area contributed by atoms with Crippen LogP contribution in [0.5, 0.6) is 0 Å². The predicted molar refractivity (Wildman–Crippen MR) is 87.8 cm³/mol. The van der Waals surface area contributed by atoms with Gasteiger partial charge in [-0.2, -0.15) is 5.10 Å². The van der Waals surface area contributed by atoms with Gasteiger partial charge in [0.05, 0.1) is 6.21 Å². The van der Waals surface area contributed by atoms with E-state index in [1.807, 2.05) is 30.3 Å². The van der Waals surface area contributed by atoms with Crippen LogP contribution < -0.4 is 10.7 Å². The largest absolute Gasteiger partial charge is 0.355 e. The average molecular weight is 325 g/mol. The van der Waals surface area contributed by atoms with Crippen LogP contribution in [-0.4, -0.2) is 24.6 Å². The second-order valence-electron chi connectivity index (χ2n) is 5.50. The molecule has 2 atom stereocenters. The number of rotatable bonds is 4. The minimum absolute atomic E-state index is 0.248. The summed E-state index contributed by atoms with van der Waals surface area (Å²) < 4.78 is 13.5. The van der Waals surface area contributed by atoms with E-state index in [2.05, 4.69) is 15.8 Å². The topological polar surface area (TPSA) is 70.6 Å². The molecule has 1 heterocycles. The highest BCUT2D eigenvalue weighted by atomic mass is 19.1. The van der Waals surface area contributed by atoms with E-state index in [-0.39, 0.29) is 17.4 Å². The molecule has 24 heavy (non-hydrogen) atoms. The second kappa shape index (κ2) is 7.04. The summed E-state index contributed by atoms with van der Waals surface area (Å²) in [6, 6.07) is 15.5. The molecule has 3 rings (SSSR count). The lowest BCUT2D eigenvalue weighted by atomic mass is 9.88. The molecule has 1 fully saturated rings. The van der Waals surface area contributed by atoms with Gasteiger partial charge in [0.25, 0.3) is 5.91 Å². The van der Waals surface area contributed by atoms with Crippen molar-refractivity contribution in [3.8, 4) is 0 Å². The van der Waals surface area contributed by atoms with Crippen molar-refractivity contribution in [3.05, 3.63) is 71.5 Å². The summed E-state index contributed by atoms with van der Waals surface area (Å²) in [5.41, 5.74) is 3.50. The number of nitrogens with zero attached hydrogens (tertiary/aromatic N) is 1. The first-order chi connectivity index (χ1) is 11.7. The molecule has 6 heteroatoms. The summed E-state index contributed by atoms with van der Waals surface area (Å²) in [5.74, 6) is -2.38. The Hall–Kier alpha value is -3.02. The summed E-state index contributed by atoms with van der Waals surface area (Å²) in [6.45, 7) is 0.401. The number of benzene rings is 2. The standard InChI is InChI=1S/C18H16FN3O2/c19-15-9-5-4-8-13(15)10-21-22-18(24)16-14(11-20-17(16)23)12-6-2-1-3-7-12/h1-10,14,16H,11H2,(H,20,23)(H,22,24)/t14-,16+/m0/s1. The first-order valence-corrected chi connectivity index (χ1v) is 7.57. The highest BCUT2D eigenvalue weighted by molar-refractivity contribution is 6.03. The molecule has 0 unspecified atom stereocenters. The molecule has 122 valence electrons. The van der Waals surface area contributed by atoms with Crippen molar-refractivity contribution in [2.24, 2.45) is 11.0 Å². The van der Waals surface area contributed by atoms with Crippen LogP contribution in [0.25, 0.3) is 0 Å². The molecule has 0 bridgehead atoms. The molecule has 5 nitrogen and oxygen atoms in total. The molecule has 2 N–H and O–H groups in total. The van der Waals surface area contributed by atoms with E-state index in [4.69, 9.17) is 0 Å². The van der Waals surface area contributed by atoms with Crippen molar-refractivity contribution in [1.82, 2.24) is 10.7 Å². The van der Waals surface area contributed by atoms with Crippen LogP contribution in [-0.2, 0) is 9.59 Å². The van der Waals surface area contributed by atoms with E-state index >= 15 is 0 Å². The Kier molecular flexibility index (Phi) is 4.65. The molecule has 2 aromatic carbocycles. The molecule has 1 saturated heterocycles. The minimum atomic E-state index is -0.856. The zero-order valence-electron chi connectivity index (χ0n) is 12.8. The Bertz CT molecular complexity index is 777. The molecular weight excluding hydrogens is 309 g/mol. The van der Waals surface area contributed by atoms with E-state index in [9.17, 15) is 14.0 Å². The van der Waals surface area contributed by atoms with Crippen molar-refractivity contribution >= 4 is 18.0 Å². The number of nitrogens with one attached hydrogen (secondary N) is 2. The fourth-order valence-electron chi connectivity index (χ4n) is 2.75. The summed E-state index contributed by atoms with van der Waals surface area (Å²) >= 11 is 0. The average Bonchev–Trinajstić information content (AvgIpc) is 2.99. The number of carbonyl (C=O) groups excluding carboxylic acids is 2. The Balaban J connectivity index is 1.71. The lowest BCUT2D eigenvalue weighted by molar-refractivity contribution is -0.133. The van der Waals surface area contributed by atoms with E-state index in [0.29, 0.717) is 6.54 Å². The SMILES string of the molecule is O=C1NC[C@@H](c2ccccc2)[C@H]1C(=O)NN=Cc1ccccc1F. The zero-order valence-corrected chi connectivity index (χ0v) is 12.8. The van der Waals surface area contributed by atoms with Crippen molar-refractivity contribution in [1.29, 1.82) is 0 Å². The van der Waals surface area contributed by atoms with Gasteiger partial charge in [0, 0.05) is 18.0 Å². The lowest BCUT2D eigenvalue weighted by Crippen LogP contribution is -2.34. The lowest BCUT2D eigenvalue weighted by Gasteiger charge is -2.15. The number of hydrazone groups is 1.